The smallest absolute Gasteiger partial charge is 0.320 e. The molecule has 0 aliphatic heterocycles. The second kappa shape index (κ2) is 18.0. The summed E-state index contributed by atoms with van der Waals surface area (Å²) in [6.07, 6.45) is 18.3. The normalized spacial score (nSPS) is 12.6. The number of aliphatic carboxylic acids is 1. The van der Waals surface area contributed by atoms with Crippen LogP contribution in [-0.4, -0.2) is 48.6 Å². The average Bonchev–Trinajstić information content (AvgIpc) is 2.61. The highest BCUT2D eigenvalue weighted by atomic mass is 16.4. The lowest BCUT2D eigenvalue weighted by atomic mass is 10.1. The molecule has 0 fully saturated rings. The number of unbranched alkanes of at least 4 members (excludes halogenated alkanes) is 8. The van der Waals surface area contributed by atoms with Gasteiger partial charge < -0.3 is 10.4 Å². The summed E-state index contributed by atoms with van der Waals surface area (Å²) in [5.74, 6) is -0.703. The highest BCUT2D eigenvalue weighted by Crippen LogP contribution is 2.09. The van der Waals surface area contributed by atoms with E-state index in [0.717, 1.165) is 25.7 Å². The lowest BCUT2D eigenvalue weighted by Gasteiger charge is -2.19. The summed E-state index contributed by atoms with van der Waals surface area (Å²) in [6.45, 7) is 2.87. The zero-order valence-electron chi connectivity index (χ0n) is 17.8. The third-order valence-corrected chi connectivity index (χ3v) is 4.81. The lowest BCUT2D eigenvalue weighted by molar-refractivity contribution is -0.142. The summed E-state index contributed by atoms with van der Waals surface area (Å²) in [5.41, 5.74) is 0. The van der Waals surface area contributed by atoms with E-state index in [1.807, 2.05) is 0 Å². The molecule has 0 bridgehead atoms. The number of carbonyl (C=O) groups excluding carboxylic acids is 1. The molecular formula is C22H42N2O3. The van der Waals surface area contributed by atoms with Crippen molar-refractivity contribution in [1.29, 1.82) is 0 Å². The quantitative estimate of drug-likeness (QED) is 0.265. The Hall–Kier alpha value is -1.36. The van der Waals surface area contributed by atoms with Crippen molar-refractivity contribution in [2.24, 2.45) is 0 Å². The van der Waals surface area contributed by atoms with Crippen LogP contribution in [0, 0.1) is 0 Å². The van der Waals surface area contributed by atoms with Crippen molar-refractivity contribution in [3.8, 4) is 0 Å². The summed E-state index contributed by atoms with van der Waals surface area (Å²) in [4.78, 5) is 24.6. The van der Waals surface area contributed by atoms with E-state index in [-0.39, 0.29) is 5.91 Å². The first-order chi connectivity index (χ1) is 13.0. The van der Waals surface area contributed by atoms with Gasteiger partial charge in [-0.2, -0.15) is 0 Å². The Morgan fingerprint density at radius 3 is 2.19 bits per heavy atom. The molecule has 0 aromatic carbocycles. The largest absolute Gasteiger partial charge is 0.480 e. The Kier molecular flexibility index (Phi) is 17.1. The van der Waals surface area contributed by atoms with Gasteiger partial charge in [0.25, 0.3) is 0 Å². The Bertz CT molecular complexity index is 408. The van der Waals surface area contributed by atoms with Gasteiger partial charge in [0.2, 0.25) is 5.91 Å². The van der Waals surface area contributed by atoms with Crippen LogP contribution in [0.4, 0.5) is 0 Å². The van der Waals surface area contributed by atoms with E-state index in [0.29, 0.717) is 19.4 Å². The maximum atomic E-state index is 11.8. The Balaban J connectivity index is 3.49. The molecule has 5 heteroatoms. The van der Waals surface area contributed by atoms with Gasteiger partial charge in [-0.15, -0.1) is 0 Å². The van der Waals surface area contributed by atoms with E-state index in [2.05, 4.69) is 24.4 Å². The Labute approximate surface area is 166 Å². The molecule has 5 nitrogen and oxygen atoms in total. The van der Waals surface area contributed by atoms with Crippen LogP contribution in [0.15, 0.2) is 12.2 Å². The van der Waals surface area contributed by atoms with Crippen LogP contribution in [0.3, 0.4) is 0 Å². The van der Waals surface area contributed by atoms with E-state index < -0.39 is 12.0 Å². The molecular weight excluding hydrogens is 340 g/mol. The molecule has 2 N–H and O–H groups in total. The minimum absolute atomic E-state index is 0.0815. The summed E-state index contributed by atoms with van der Waals surface area (Å²) in [5, 5.41) is 12.0. The highest BCUT2D eigenvalue weighted by molar-refractivity contribution is 5.76. The number of amides is 1. The van der Waals surface area contributed by atoms with Crippen molar-refractivity contribution < 1.29 is 14.7 Å². The van der Waals surface area contributed by atoms with Gasteiger partial charge >= 0.3 is 5.97 Å². The van der Waals surface area contributed by atoms with E-state index in [1.165, 1.54) is 44.9 Å². The number of nitrogens with zero attached hydrogens (tertiary/aromatic N) is 1. The maximum Gasteiger partial charge on any atom is 0.320 e. The number of hydrogen-bond donors (Lipinski definition) is 2. The van der Waals surface area contributed by atoms with Crippen LogP contribution >= 0.6 is 0 Å². The molecule has 0 aromatic rings. The van der Waals surface area contributed by atoms with Gasteiger partial charge in [-0.1, -0.05) is 57.6 Å². The maximum absolute atomic E-state index is 11.8. The van der Waals surface area contributed by atoms with Gasteiger partial charge in [0.1, 0.15) is 6.04 Å². The molecule has 0 heterocycles. The first kappa shape index (κ1) is 25.6. The van der Waals surface area contributed by atoms with E-state index >= 15 is 0 Å². The van der Waals surface area contributed by atoms with E-state index in [4.69, 9.17) is 5.11 Å². The molecule has 27 heavy (non-hydrogen) atoms. The minimum Gasteiger partial charge on any atom is -0.480 e. The zero-order valence-corrected chi connectivity index (χ0v) is 17.8. The first-order valence-electron chi connectivity index (χ1n) is 10.8. The Morgan fingerprint density at radius 2 is 1.56 bits per heavy atom. The lowest BCUT2D eigenvalue weighted by Crippen LogP contribution is -2.35. The summed E-state index contributed by atoms with van der Waals surface area (Å²) in [7, 11) is 3.56. The third-order valence-electron chi connectivity index (χ3n) is 4.81. The second-order valence-electron chi connectivity index (χ2n) is 7.58. The number of hydrogen-bond acceptors (Lipinski definition) is 3. The molecule has 0 aliphatic rings. The van der Waals surface area contributed by atoms with Crippen molar-refractivity contribution >= 4 is 11.9 Å². The van der Waals surface area contributed by atoms with Gasteiger partial charge in [-0.25, -0.2) is 0 Å². The van der Waals surface area contributed by atoms with Crippen LogP contribution in [-0.2, 0) is 9.59 Å². The van der Waals surface area contributed by atoms with Gasteiger partial charge in [-0.3, -0.25) is 14.5 Å². The molecule has 0 spiro atoms. The molecule has 158 valence electrons. The van der Waals surface area contributed by atoms with E-state index in [9.17, 15) is 9.59 Å². The van der Waals surface area contributed by atoms with Crippen LogP contribution in [0.5, 0.6) is 0 Å². The first-order valence-corrected chi connectivity index (χ1v) is 10.8. The molecule has 1 amide bonds. The van der Waals surface area contributed by atoms with Gasteiger partial charge in [-0.05, 0) is 52.6 Å². The fourth-order valence-electron chi connectivity index (χ4n) is 3.05. The molecule has 0 radical (unpaired) electrons. The molecule has 1 atom stereocenters. The number of allylic oxidation sites excluding steroid dienone is 2. The number of carbonyl (C=O) groups is 2. The molecule has 0 rings (SSSR count). The standard InChI is InChI=1S/C22H42N2O3/c1-4-5-6-7-8-9-10-11-12-13-14-18-21(25)23-19-16-15-17-20(22(26)27)24(2)3/h12-13,20H,4-11,14-19H2,1-3H3,(H,23,25)(H,26,27)/b13-12+/t20-/m0/s1. The number of rotatable bonds is 18. The van der Waals surface area contributed by atoms with Crippen LogP contribution < -0.4 is 5.32 Å². The number of nitrogens with one attached hydrogen (secondary N) is 1. The molecule has 0 unspecified atom stereocenters. The number of carboxylic acids is 1. The molecule has 0 aliphatic carbocycles. The van der Waals surface area contributed by atoms with Crippen LogP contribution in [0.25, 0.3) is 0 Å². The van der Waals surface area contributed by atoms with Crippen molar-refractivity contribution in [1.82, 2.24) is 10.2 Å². The Morgan fingerprint density at radius 1 is 0.926 bits per heavy atom. The van der Waals surface area contributed by atoms with Gasteiger partial charge in [0, 0.05) is 13.0 Å². The third kappa shape index (κ3) is 16.5. The average molecular weight is 383 g/mol. The number of carboxylic acid groups (broad SMARTS) is 1. The molecule has 0 aromatic heterocycles. The summed E-state index contributed by atoms with van der Waals surface area (Å²) in [6, 6.07) is -0.442. The fraction of sp³-hybridized carbons (Fsp3) is 0.818. The number of likely N-dealkylation sites (N-methyl/N-ethyl adjacent to an activating group) is 1. The molecule has 0 saturated heterocycles. The van der Waals surface area contributed by atoms with E-state index in [1.54, 1.807) is 19.0 Å². The zero-order chi connectivity index (χ0) is 20.3. The second-order valence-corrected chi connectivity index (χ2v) is 7.58. The van der Waals surface area contributed by atoms with Crippen molar-refractivity contribution in [2.45, 2.75) is 96.4 Å². The van der Waals surface area contributed by atoms with Gasteiger partial charge in [0.05, 0.1) is 0 Å². The SMILES string of the molecule is CCCCCCCCC/C=C/CCC(=O)NCCCC[C@@H](C(=O)O)N(C)C. The predicted molar refractivity (Wildman–Crippen MR) is 113 cm³/mol. The van der Waals surface area contributed by atoms with Crippen molar-refractivity contribution in [3.63, 3.8) is 0 Å². The summed E-state index contributed by atoms with van der Waals surface area (Å²) < 4.78 is 0. The fourth-order valence-corrected chi connectivity index (χ4v) is 3.05. The van der Waals surface area contributed by atoms with Gasteiger partial charge in [0.15, 0.2) is 0 Å². The van der Waals surface area contributed by atoms with Crippen molar-refractivity contribution in [3.05, 3.63) is 12.2 Å². The minimum atomic E-state index is -0.785. The van der Waals surface area contributed by atoms with Crippen LogP contribution in [0.2, 0.25) is 0 Å². The highest BCUT2D eigenvalue weighted by Gasteiger charge is 2.18. The topological polar surface area (TPSA) is 69.6 Å². The summed E-state index contributed by atoms with van der Waals surface area (Å²) >= 11 is 0. The monoisotopic (exact) mass is 382 g/mol. The predicted octanol–water partition coefficient (Wildman–Crippen LogP) is 4.76. The van der Waals surface area contributed by atoms with Crippen molar-refractivity contribution in [2.75, 3.05) is 20.6 Å². The molecule has 0 saturated carbocycles. The van der Waals surface area contributed by atoms with Crippen LogP contribution in [0.1, 0.15) is 90.4 Å².